The second-order valence-electron chi connectivity index (χ2n) is 4.36. The van der Waals surface area contributed by atoms with Crippen LogP contribution in [0.15, 0.2) is 18.2 Å². The van der Waals surface area contributed by atoms with Crippen LogP contribution >= 0.6 is 0 Å². The molecule has 0 heterocycles. The SMILES string of the molecule is COC(=O)CC1C(=O)CCc2ccc(OC)cc21. The standard InChI is InChI=1S/C14H16O4/c1-17-10-5-3-9-4-6-13(15)12(11(9)7-10)8-14(16)18-2/h3,5,7,12H,4,6,8H2,1-2H3. The molecule has 0 spiro atoms. The zero-order chi connectivity index (χ0) is 13.1. The first-order valence-electron chi connectivity index (χ1n) is 5.92. The average molecular weight is 248 g/mol. The summed E-state index contributed by atoms with van der Waals surface area (Å²) in [5, 5.41) is 0. The van der Waals surface area contributed by atoms with Gasteiger partial charge in [0.25, 0.3) is 0 Å². The third kappa shape index (κ3) is 2.37. The van der Waals surface area contributed by atoms with Crippen LogP contribution in [0, 0.1) is 0 Å². The Balaban J connectivity index is 2.35. The number of hydrogen-bond donors (Lipinski definition) is 0. The van der Waals surface area contributed by atoms with Gasteiger partial charge in [0.2, 0.25) is 0 Å². The second kappa shape index (κ2) is 5.21. The Labute approximate surface area is 106 Å². The highest BCUT2D eigenvalue weighted by atomic mass is 16.5. The van der Waals surface area contributed by atoms with Crippen LogP contribution in [0.1, 0.15) is 29.9 Å². The molecule has 4 heteroatoms. The van der Waals surface area contributed by atoms with Gasteiger partial charge >= 0.3 is 5.97 Å². The highest BCUT2D eigenvalue weighted by Crippen LogP contribution is 2.34. The van der Waals surface area contributed by atoms with Crippen molar-refractivity contribution in [1.82, 2.24) is 0 Å². The average Bonchev–Trinajstić information content (AvgIpc) is 2.41. The van der Waals surface area contributed by atoms with Crippen molar-refractivity contribution in [3.8, 4) is 5.75 Å². The van der Waals surface area contributed by atoms with Crippen LogP contribution in [0.25, 0.3) is 0 Å². The van der Waals surface area contributed by atoms with Crippen LogP contribution in [0.3, 0.4) is 0 Å². The van der Waals surface area contributed by atoms with Gasteiger partial charge in [-0.2, -0.15) is 0 Å². The lowest BCUT2D eigenvalue weighted by molar-refractivity contribution is -0.142. The fourth-order valence-electron chi connectivity index (χ4n) is 2.33. The highest BCUT2D eigenvalue weighted by molar-refractivity contribution is 5.91. The fraction of sp³-hybridized carbons (Fsp3) is 0.429. The van der Waals surface area contributed by atoms with E-state index in [9.17, 15) is 9.59 Å². The number of methoxy groups -OCH3 is 2. The quantitative estimate of drug-likeness (QED) is 0.766. The van der Waals surface area contributed by atoms with Crippen LogP contribution in [0.5, 0.6) is 5.75 Å². The maximum atomic E-state index is 12.0. The number of ketones is 1. The van der Waals surface area contributed by atoms with Gasteiger partial charge in [0.1, 0.15) is 11.5 Å². The number of rotatable bonds is 3. The Hall–Kier alpha value is -1.84. The first-order valence-corrected chi connectivity index (χ1v) is 5.92. The lowest BCUT2D eigenvalue weighted by Gasteiger charge is -2.24. The topological polar surface area (TPSA) is 52.6 Å². The third-order valence-electron chi connectivity index (χ3n) is 3.36. The summed E-state index contributed by atoms with van der Waals surface area (Å²) in [4.78, 5) is 23.3. The predicted molar refractivity (Wildman–Crippen MR) is 65.7 cm³/mol. The molecule has 1 atom stereocenters. The van der Waals surface area contributed by atoms with Crippen LogP contribution in [0.2, 0.25) is 0 Å². The predicted octanol–water partition coefficient (Wildman–Crippen LogP) is 1.86. The number of aryl methyl sites for hydroxylation is 1. The molecule has 0 aliphatic heterocycles. The summed E-state index contributed by atoms with van der Waals surface area (Å²) in [6, 6.07) is 5.69. The Kier molecular flexibility index (Phi) is 3.65. The van der Waals surface area contributed by atoms with E-state index in [0.717, 1.165) is 17.5 Å². The molecule has 1 aromatic carbocycles. The summed E-state index contributed by atoms with van der Waals surface area (Å²) in [5.74, 6) is 0.0554. The molecule has 18 heavy (non-hydrogen) atoms. The fourth-order valence-corrected chi connectivity index (χ4v) is 2.33. The highest BCUT2D eigenvalue weighted by Gasteiger charge is 2.30. The molecule has 0 aromatic heterocycles. The van der Waals surface area contributed by atoms with Crippen molar-refractivity contribution in [2.45, 2.75) is 25.2 Å². The van der Waals surface area contributed by atoms with Crippen LogP contribution < -0.4 is 4.74 Å². The van der Waals surface area contributed by atoms with Crippen LogP contribution in [-0.4, -0.2) is 26.0 Å². The van der Waals surface area contributed by atoms with E-state index in [0.29, 0.717) is 12.2 Å². The Morgan fingerprint density at radius 3 is 2.78 bits per heavy atom. The van der Waals surface area contributed by atoms with Gasteiger partial charge in [-0.25, -0.2) is 0 Å². The molecule has 0 fully saturated rings. The Bertz CT molecular complexity index is 479. The number of carbonyl (C=O) groups is 2. The van der Waals surface area contributed by atoms with Crippen molar-refractivity contribution in [3.05, 3.63) is 29.3 Å². The number of Topliss-reactive ketones (excluding diaryl/α,β-unsaturated/α-hetero) is 1. The van der Waals surface area contributed by atoms with Crippen molar-refractivity contribution in [2.75, 3.05) is 14.2 Å². The van der Waals surface area contributed by atoms with Gasteiger partial charge in [0.15, 0.2) is 0 Å². The Morgan fingerprint density at radius 1 is 1.33 bits per heavy atom. The molecule has 1 aliphatic carbocycles. The minimum absolute atomic E-state index is 0.0983. The molecule has 0 radical (unpaired) electrons. The molecule has 2 rings (SSSR count). The number of esters is 1. The summed E-state index contributed by atoms with van der Waals surface area (Å²) < 4.78 is 9.82. The van der Waals surface area contributed by atoms with E-state index < -0.39 is 5.92 Å². The van der Waals surface area contributed by atoms with E-state index in [1.807, 2.05) is 18.2 Å². The molecule has 0 bridgehead atoms. The monoisotopic (exact) mass is 248 g/mol. The molecule has 0 saturated carbocycles. The summed E-state index contributed by atoms with van der Waals surface area (Å²) >= 11 is 0. The summed E-state index contributed by atoms with van der Waals surface area (Å²) in [5.41, 5.74) is 2.01. The summed E-state index contributed by atoms with van der Waals surface area (Å²) in [7, 11) is 2.92. The number of hydrogen-bond acceptors (Lipinski definition) is 4. The smallest absolute Gasteiger partial charge is 0.306 e. The lowest BCUT2D eigenvalue weighted by Crippen LogP contribution is -2.23. The molecule has 1 unspecified atom stereocenters. The van der Waals surface area contributed by atoms with Crippen molar-refractivity contribution in [2.24, 2.45) is 0 Å². The lowest BCUT2D eigenvalue weighted by atomic mass is 9.80. The number of fused-ring (bicyclic) bond motifs is 1. The maximum absolute atomic E-state index is 12.0. The second-order valence-corrected chi connectivity index (χ2v) is 4.36. The van der Waals surface area contributed by atoms with E-state index in [1.165, 1.54) is 7.11 Å². The van der Waals surface area contributed by atoms with Crippen molar-refractivity contribution in [3.63, 3.8) is 0 Å². The van der Waals surface area contributed by atoms with Gasteiger partial charge in [0.05, 0.1) is 26.6 Å². The third-order valence-corrected chi connectivity index (χ3v) is 3.36. The summed E-state index contributed by atoms with van der Waals surface area (Å²) in [6.07, 6.45) is 1.33. The zero-order valence-corrected chi connectivity index (χ0v) is 10.6. The molecular formula is C14H16O4. The molecule has 0 amide bonds. The van der Waals surface area contributed by atoms with Gasteiger partial charge < -0.3 is 9.47 Å². The van der Waals surface area contributed by atoms with Gasteiger partial charge in [-0.15, -0.1) is 0 Å². The van der Waals surface area contributed by atoms with Crippen LogP contribution in [0.4, 0.5) is 0 Å². The van der Waals surface area contributed by atoms with Gasteiger partial charge in [-0.1, -0.05) is 6.07 Å². The van der Waals surface area contributed by atoms with Gasteiger partial charge in [-0.05, 0) is 29.7 Å². The zero-order valence-electron chi connectivity index (χ0n) is 10.6. The largest absolute Gasteiger partial charge is 0.497 e. The number of ether oxygens (including phenoxy) is 2. The molecule has 4 nitrogen and oxygen atoms in total. The van der Waals surface area contributed by atoms with Crippen molar-refractivity contribution < 1.29 is 19.1 Å². The van der Waals surface area contributed by atoms with Crippen molar-refractivity contribution >= 4 is 11.8 Å². The molecule has 0 N–H and O–H groups in total. The Morgan fingerprint density at radius 2 is 2.11 bits per heavy atom. The maximum Gasteiger partial charge on any atom is 0.306 e. The molecule has 0 saturated heterocycles. The first-order chi connectivity index (χ1) is 8.65. The number of carbonyl (C=O) groups excluding carboxylic acids is 2. The van der Waals surface area contributed by atoms with E-state index >= 15 is 0 Å². The van der Waals surface area contributed by atoms with E-state index in [4.69, 9.17) is 4.74 Å². The summed E-state index contributed by atoms with van der Waals surface area (Å²) in [6.45, 7) is 0. The van der Waals surface area contributed by atoms with Gasteiger partial charge in [-0.3, -0.25) is 9.59 Å². The number of benzene rings is 1. The van der Waals surface area contributed by atoms with E-state index in [2.05, 4.69) is 4.74 Å². The van der Waals surface area contributed by atoms with E-state index in [1.54, 1.807) is 7.11 Å². The minimum atomic E-state index is -0.392. The first kappa shape index (κ1) is 12.6. The van der Waals surface area contributed by atoms with Crippen molar-refractivity contribution in [1.29, 1.82) is 0 Å². The van der Waals surface area contributed by atoms with E-state index in [-0.39, 0.29) is 18.2 Å². The minimum Gasteiger partial charge on any atom is -0.497 e. The van der Waals surface area contributed by atoms with Gasteiger partial charge in [0, 0.05) is 6.42 Å². The molecule has 1 aromatic rings. The molecular weight excluding hydrogens is 232 g/mol. The normalized spacial score (nSPS) is 18.1. The molecule has 1 aliphatic rings. The van der Waals surface area contributed by atoms with Crippen LogP contribution in [-0.2, 0) is 20.7 Å². The molecule has 96 valence electrons.